The molecule has 0 radical (unpaired) electrons. The Bertz CT molecular complexity index is 311. The van der Waals surface area contributed by atoms with E-state index in [0.717, 1.165) is 0 Å². The first-order valence-electron chi connectivity index (χ1n) is 3.32. The Balaban J connectivity index is 2.92. The first-order chi connectivity index (χ1) is 6.15. The van der Waals surface area contributed by atoms with Gasteiger partial charge < -0.3 is 5.32 Å². The number of amides is 1. The summed E-state index contributed by atoms with van der Waals surface area (Å²) in [6.45, 7) is 0.250. The number of rotatable bonds is 3. The molecule has 70 valence electrons. The predicted molar refractivity (Wildman–Crippen MR) is 54.8 cm³/mol. The number of pyridine rings is 1. The van der Waals surface area contributed by atoms with Crippen molar-refractivity contribution >= 4 is 40.6 Å². The lowest BCUT2D eigenvalue weighted by atomic mass is 10.3. The van der Waals surface area contributed by atoms with Crippen LogP contribution < -0.4 is 5.32 Å². The summed E-state index contributed by atoms with van der Waals surface area (Å²) in [5.74, 6) is -0.530. The standard InChI is InChI=1S/C7H5ClFIN2O/c8-7-6(9)5(10)1-4(12-7)2-11-3-13/h1,3H,2H2,(H,11,13). The van der Waals surface area contributed by atoms with Crippen molar-refractivity contribution in [2.24, 2.45) is 0 Å². The van der Waals surface area contributed by atoms with Crippen LogP contribution in [0.2, 0.25) is 5.15 Å². The molecule has 3 nitrogen and oxygen atoms in total. The van der Waals surface area contributed by atoms with Crippen LogP contribution in [0.1, 0.15) is 5.69 Å². The Morgan fingerprint density at radius 3 is 3.00 bits per heavy atom. The molecule has 0 aliphatic heterocycles. The molecule has 0 saturated heterocycles. The molecular formula is C7H5ClFIN2O. The van der Waals surface area contributed by atoms with E-state index in [-0.39, 0.29) is 11.7 Å². The fourth-order valence-corrected chi connectivity index (χ4v) is 1.74. The molecule has 0 fully saturated rings. The number of hydrogen-bond donors (Lipinski definition) is 1. The van der Waals surface area contributed by atoms with Gasteiger partial charge in [-0.15, -0.1) is 0 Å². The fraction of sp³-hybridized carbons (Fsp3) is 0.143. The Kier molecular flexibility index (Phi) is 3.86. The maximum Gasteiger partial charge on any atom is 0.207 e. The minimum atomic E-state index is -0.530. The van der Waals surface area contributed by atoms with Crippen LogP contribution in [0.4, 0.5) is 4.39 Å². The molecule has 0 aliphatic carbocycles. The number of aromatic nitrogens is 1. The molecule has 13 heavy (non-hydrogen) atoms. The van der Waals surface area contributed by atoms with Gasteiger partial charge in [0.1, 0.15) is 0 Å². The van der Waals surface area contributed by atoms with Crippen molar-refractivity contribution in [1.29, 1.82) is 0 Å². The fourth-order valence-electron chi connectivity index (χ4n) is 0.752. The molecule has 1 rings (SSSR count). The van der Waals surface area contributed by atoms with E-state index in [9.17, 15) is 9.18 Å². The molecule has 6 heteroatoms. The Labute approximate surface area is 92.8 Å². The highest BCUT2D eigenvalue weighted by atomic mass is 127. The van der Waals surface area contributed by atoms with Crippen molar-refractivity contribution in [1.82, 2.24) is 10.3 Å². The molecule has 1 aromatic heterocycles. The van der Waals surface area contributed by atoms with Crippen molar-refractivity contribution in [2.75, 3.05) is 0 Å². The van der Waals surface area contributed by atoms with Crippen LogP contribution in [0.25, 0.3) is 0 Å². The number of hydrogen-bond acceptors (Lipinski definition) is 2. The molecule has 1 heterocycles. The van der Waals surface area contributed by atoms with Gasteiger partial charge in [-0.3, -0.25) is 4.79 Å². The van der Waals surface area contributed by atoms with Crippen LogP contribution in [0.15, 0.2) is 6.07 Å². The van der Waals surface area contributed by atoms with Gasteiger partial charge in [-0.05, 0) is 28.7 Å². The molecule has 0 aliphatic rings. The average Bonchev–Trinajstić information content (AvgIpc) is 2.10. The second-order valence-electron chi connectivity index (χ2n) is 2.20. The van der Waals surface area contributed by atoms with Crippen molar-refractivity contribution in [3.8, 4) is 0 Å². The minimum Gasteiger partial charge on any atom is -0.353 e. The maximum atomic E-state index is 12.9. The summed E-state index contributed by atoms with van der Waals surface area (Å²) in [7, 11) is 0. The summed E-state index contributed by atoms with van der Waals surface area (Å²) in [4.78, 5) is 13.7. The zero-order valence-electron chi connectivity index (χ0n) is 6.35. The van der Waals surface area contributed by atoms with E-state index in [0.29, 0.717) is 15.7 Å². The van der Waals surface area contributed by atoms with E-state index < -0.39 is 5.82 Å². The van der Waals surface area contributed by atoms with Gasteiger partial charge in [0.2, 0.25) is 6.41 Å². The van der Waals surface area contributed by atoms with Gasteiger partial charge in [0.15, 0.2) is 11.0 Å². The second kappa shape index (κ2) is 4.71. The molecular weight excluding hydrogens is 309 g/mol. The van der Waals surface area contributed by atoms with Crippen molar-refractivity contribution in [3.63, 3.8) is 0 Å². The Morgan fingerprint density at radius 2 is 2.46 bits per heavy atom. The topological polar surface area (TPSA) is 42.0 Å². The summed E-state index contributed by atoms with van der Waals surface area (Å²) in [5.41, 5.74) is 0.530. The molecule has 1 aromatic rings. The molecule has 1 amide bonds. The van der Waals surface area contributed by atoms with Gasteiger partial charge >= 0.3 is 0 Å². The van der Waals surface area contributed by atoms with Crippen LogP contribution in [0, 0.1) is 9.39 Å². The Hall–Kier alpha value is -0.430. The molecule has 1 N–H and O–H groups in total. The molecule has 0 saturated carbocycles. The largest absolute Gasteiger partial charge is 0.353 e. The molecule has 0 aromatic carbocycles. The van der Waals surface area contributed by atoms with Crippen molar-refractivity contribution in [2.45, 2.75) is 6.54 Å². The van der Waals surface area contributed by atoms with Gasteiger partial charge in [0.25, 0.3) is 0 Å². The van der Waals surface area contributed by atoms with Gasteiger partial charge in [0.05, 0.1) is 15.8 Å². The SMILES string of the molecule is O=CNCc1cc(I)c(F)c(Cl)n1. The number of halogens is 3. The summed E-state index contributed by atoms with van der Waals surface area (Å²) in [6, 6.07) is 1.53. The van der Waals surface area contributed by atoms with Gasteiger partial charge in [-0.25, -0.2) is 9.37 Å². The van der Waals surface area contributed by atoms with E-state index in [1.165, 1.54) is 6.07 Å². The summed E-state index contributed by atoms with van der Waals surface area (Å²) < 4.78 is 13.3. The smallest absolute Gasteiger partial charge is 0.207 e. The van der Waals surface area contributed by atoms with E-state index in [1.807, 2.05) is 22.6 Å². The normalized spacial score (nSPS) is 9.77. The van der Waals surface area contributed by atoms with Crippen LogP contribution in [0.3, 0.4) is 0 Å². The highest BCUT2D eigenvalue weighted by molar-refractivity contribution is 14.1. The number of nitrogens with zero attached hydrogens (tertiary/aromatic N) is 1. The zero-order valence-corrected chi connectivity index (χ0v) is 9.26. The third kappa shape index (κ3) is 2.77. The molecule has 0 spiro atoms. The van der Waals surface area contributed by atoms with Gasteiger partial charge in [-0.1, -0.05) is 11.6 Å². The van der Waals surface area contributed by atoms with E-state index in [1.54, 1.807) is 0 Å². The van der Waals surface area contributed by atoms with Gasteiger partial charge in [0, 0.05) is 0 Å². The zero-order chi connectivity index (χ0) is 9.84. The second-order valence-corrected chi connectivity index (χ2v) is 3.72. The quantitative estimate of drug-likeness (QED) is 0.524. The van der Waals surface area contributed by atoms with Crippen LogP contribution >= 0.6 is 34.2 Å². The maximum absolute atomic E-state index is 12.9. The summed E-state index contributed by atoms with van der Waals surface area (Å²) >= 11 is 7.30. The summed E-state index contributed by atoms with van der Waals surface area (Å²) in [6.07, 6.45) is 0.547. The number of carbonyl (C=O) groups is 1. The predicted octanol–water partition coefficient (Wildman–Crippen LogP) is 1.72. The molecule has 0 atom stereocenters. The van der Waals surface area contributed by atoms with Crippen molar-refractivity contribution < 1.29 is 9.18 Å². The average molecular weight is 314 g/mol. The van der Waals surface area contributed by atoms with E-state index in [2.05, 4.69) is 10.3 Å². The lowest BCUT2D eigenvalue weighted by molar-refractivity contribution is -0.109. The van der Waals surface area contributed by atoms with E-state index >= 15 is 0 Å². The first-order valence-corrected chi connectivity index (χ1v) is 4.78. The Morgan fingerprint density at radius 1 is 1.77 bits per heavy atom. The molecule has 0 bridgehead atoms. The van der Waals surface area contributed by atoms with Crippen LogP contribution in [-0.2, 0) is 11.3 Å². The number of nitrogens with one attached hydrogen (secondary N) is 1. The van der Waals surface area contributed by atoms with Crippen molar-refractivity contribution in [3.05, 3.63) is 26.3 Å². The first kappa shape index (κ1) is 10.6. The third-order valence-electron chi connectivity index (χ3n) is 1.29. The summed E-state index contributed by atoms with van der Waals surface area (Å²) in [5, 5.41) is 2.24. The van der Waals surface area contributed by atoms with Crippen LogP contribution in [0.5, 0.6) is 0 Å². The number of carbonyl (C=O) groups excluding carboxylic acids is 1. The van der Waals surface area contributed by atoms with E-state index in [4.69, 9.17) is 11.6 Å². The third-order valence-corrected chi connectivity index (χ3v) is 2.33. The highest BCUT2D eigenvalue weighted by Crippen LogP contribution is 2.18. The van der Waals surface area contributed by atoms with Gasteiger partial charge in [-0.2, -0.15) is 0 Å². The monoisotopic (exact) mass is 314 g/mol. The highest BCUT2D eigenvalue weighted by Gasteiger charge is 2.07. The van der Waals surface area contributed by atoms with Crippen LogP contribution in [-0.4, -0.2) is 11.4 Å². The lowest BCUT2D eigenvalue weighted by Crippen LogP contribution is -2.11. The minimum absolute atomic E-state index is 0.172. The molecule has 0 unspecified atom stereocenters. The lowest BCUT2D eigenvalue weighted by Gasteiger charge is -2.02.